The van der Waals surface area contributed by atoms with Crippen LogP contribution in [-0.2, 0) is 9.53 Å². The van der Waals surface area contributed by atoms with Crippen molar-refractivity contribution < 1.29 is 14.3 Å². The molecule has 0 bridgehead atoms. The number of nitrogens with zero attached hydrogens (tertiary/aromatic N) is 1. The lowest BCUT2D eigenvalue weighted by Gasteiger charge is -2.13. The predicted octanol–water partition coefficient (Wildman–Crippen LogP) is 3.59. The first-order valence-electron chi connectivity index (χ1n) is 4.54. The Balaban J connectivity index is 2.47. The second-order valence-electron chi connectivity index (χ2n) is 3.55. The minimum Gasteiger partial charge on any atom is -0.421 e. The van der Waals surface area contributed by atoms with E-state index in [1.807, 2.05) is 0 Å². The largest absolute Gasteiger partial charge is 0.423 e. The second kappa shape index (κ2) is 4.15. The fourth-order valence-corrected chi connectivity index (χ4v) is 2.26. The van der Waals surface area contributed by atoms with E-state index < -0.39 is 16.5 Å². The van der Waals surface area contributed by atoms with Crippen LogP contribution in [0.2, 0.25) is 10.0 Å². The first kappa shape index (κ1) is 12.7. The van der Waals surface area contributed by atoms with Gasteiger partial charge in [0.2, 0.25) is 4.51 Å². The van der Waals surface area contributed by atoms with E-state index in [4.69, 9.17) is 27.9 Å². The van der Waals surface area contributed by atoms with E-state index >= 15 is 0 Å². The lowest BCUT2D eigenvalue weighted by molar-refractivity contribution is -0.122. The van der Waals surface area contributed by atoms with Crippen molar-refractivity contribution in [3.63, 3.8) is 0 Å². The van der Waals surface area contributed by atoms with Gasteiger partial charge in [0.05, 0.1) is 5.69 Å². The van der Waals surface area contributed by atoms with E-state index in [1.165, 1.54) is 25.1 Å². The summed E-state index contributed by atoms with van der Waals surface area (Å²) in [5, 5.41) is 0.660. The summed E-state index contributed by atoms with van der Waals surface area (Å²) in [5.74, 6) is -0.527. The maximum Gasteiger partial charge on any atom is 0.423 e. The summed E-state index contributed by atoms with van der Waals surface area (Å²) in [5.41, 5.74) is 0.278. The number of amides is 2. The van der Waals surface area contributed by atoms with Gasteiger partial charge in [-0.05, 0) is 41.1 Å². The van der Waals surface area contributed by atoms with Crippen LogP contribution in [0.25, 0.3) is 0 Å². The maximum absolute atomic E-state index is 11.9. The normalized spacial score (nSPS) is 24.1. The van der Waals surface area contributed by atoms with Crippen LogP contribution in [0.15, 0.2) is 18.2 Å². The zero-order chi connectivity index (χ0) is 12.8. The number of hydrogen-bond donors (Lipinski definition) is 0. The van der Waals surface area contributed by atoms with Gasteiger partial charge < -0.3 is 4.74 Å². The van der Waals surface area contributed by atoms with Gasteiger partial charge in [-0.25, -0.2) is 9.69 Å². The number of rotatable bonds is 1. The SMILES string of the molecule is CC1(Br)OC(=O)N(c2cc(Cl)cc(Cl)c2)C1=O. The summed E-state index contributed by atoms with van der Waals surface area (Å²) < 4.78 is 3.53. The second-order valence-corrected chi connectivity index (χ2v) is 5.94. The summed E-state index contributed by atoms with van der Waals surface area (Å²) in [4.78, 5) is 24.4. The Kier molecular flexibility index (Phi) is 3.10. The topological polar surface area (TPSA) is 46.6 Å². The number of halogens is 3. The average Bonchev–Trinajstić information content (AvgIpc) is 2.34. The quantitative estimate of drug-likeness (QED) is 0.735. The molecule has 0 spiro atoms. The molecule has 1 aliphatic heterocycles. The van der Waals surface area contributed by atoms with E-state index in [2.05, 4.69) is 15.9 Å². The number of carbonyl (C=O) groups excluding carboxylic acids is 2. The molecule has 0 radical (unpaired) electrons. The molecule has 1 fully saturated rings. The predicted molar refractivity (Wildman–Crippen MR) is 67.8 cm³/mol. The van der Waals surface area contributed by atoms with Crippen molar-refractivity contribution >= 4 is 56.8 Å². The third kappa shape index (κ3) is 2.27. The highest BCUT2D eigenvalue weighted by atomic mass is 79.9. The highest BCUT2D eigenvalue weighted by molar-refractivity contribution is 9.10. The van der Waals surface area contributed by atoms with Crippen LogP contribution in [0, 0.1) is 0 Å². The molecule has 1 heterocycles. The minimum absolute atomic E-state index is 0.278. The molecule has 4 nitrogen and oxygen atoms in total. The fourth-order valence-electron chi connectivity index (χ4n) is 1.43. The Hall–Kier alpha value is -0.780. The number of ether oxygens (including phenoxy) is 1. The van der Waals surface area contributed by atoms with Crippen LogP contribution in [0.3, 0.4) is 0 Å². The van der Waals surface area contributed by atoms with Crippen molar-refractivity contribution in [1.29, 1.82) is 0 Å². The molecule has 0 saturated carbocycles. The molecule has 0 aromatic heterocycles. The van der Waals surface area contributed by atoms with E-state index in [-0.39, 0.29) is 5.69 Å². The number of cyclic esters (lactones) is 1. The summed E-state index contributed by atoms with van der Waals surface area (Å²) in [6.07, 6.45) is -0.771. The smallest absolute Gasteiger partial charge is 0.421 e. The van der Waals surface area contributed by atoms with Gasteiger partial charge in [0.15, 0.2) is 0 Å². The van der Waals surface area contributed by atoms with Crippen LogP contribution >= 0.6 is 39.1 Å². The van der Waals surface area contributed by atoms with Crippen LogP contribution in [0.5, 0.6) is 0 Å². The van der Waals surface area contributed by atoms with Crippen molar-refractivity contribution in [2.75, 3.05) is 4.90 Å². The van der Waals surface area contributed by atoms with E-state index in [0.717, 1.165) is 4.90 Å². The summed E-state index contributed by atoms with van der Waals surface area (Å²) in [7, 11) is 0. The van der Waals surface area contributed by atoms with Crippen molar-refractivity contribution in [3.05, 3.63) is 28.2 Å². The van der Waals surface area contributed by atoms with Crippen molar-refractivity contribution in [3.8, 4) is 0 Å². The van der Waals surface area contributed by atoms with Gasteiger partial charge in [-0.2, -0.15) is 0 Å². The minimum atomic E-state index is -1.35. The number of hydrogen-bond acceptors (Lipinski definition) is 3. The Morgan fingerprint density at radius 1 is 1.24 bits per heavy atom. The van der Waals surface area contributed by atoms with Crippen LogP contribution in [-0.4, -0.2) is 16.5 Å². The molecule has 90 valence electrons. The third-order valence-electron chi connectivity index (χ3n) is 2.15. The van der Waals surface area contributed by atoms with Crippen LogP contribution in [0.1, 0.15) is 6.92 Å². The lowest BCUT2D eigenvalue weighted by atomic mass is 10.2. The summed E-state index contributed by atoms with van der Waals surface area (Å²) >= 11 is 14.6. The molecule has 1 aromatic carbocycles. The Labute approximate surface area is 116 Å². The number of benzene rings is 1. The fraction of sp³-hybridized carbons (Fsp3) is 0.200. The highest BCUT2D eigenvalue weighted by Gasteiger charge is 2.49. The standard InChI is InChI=1S/C10H6BrCl2NO3/c1-10(11)8(15)14(9(16)17-10)7-3-5(12)2-6(13)4-7/h2-4H,1H3. The monoisotopic (exact) mass is 337 g/mol. The molecule has 0 N–H and O–H groups in total. The van der Waals surface area contributed by atoms with Gasteiger partial charge in [-0.3, -0.25) is 4.79 Å². The van der Waals surface area contributed by atoms with Crippen molar-refractivity contribution in [2.24, 2.45) is 0 Å². The van der Waals surface area contributed by atoms with Gasteiger partial charge in [0.25, 0.3) is 5.91 Å². The van der Waals surface area contributed by atoms with Gasteiger partial charge in [-0.1, -0.05) is 23.2 Å². The number of anilines is 1. The third-order valence-corrected chi connectivity index (χ3v) is 3.09. The van der Waals surface area contributed by atoms with E-state index in [9.17, 15) is 9.59 Å². The summed E-state index contributed by atoms with van der Waals surface area (Å²) in [6, 6.07) is 4.42. The van der Waals surface area contributed by atoms with Gasteiger partial charge in [-0.15, -0.1) is 0 Å². The maximum atomic E-state index is 11.9. The molecule has 17 heavy (non-hydrogen) atoms. The molecule has 1 unspecified atom stereocenters. The Morgan fingerprint density at radius 3 is 2.18 bits per heavy atom. The summed E-state index contributed by atoms with van der Waals surface area (Å²) in [6.45, 7) is 1.44. The van der Waals surface area contributed by atoms with Gasteiger partial charge in [0.1, 0.15) is 0 Å². The van der Waals surface area contributed by atoms with Crippen LogP contribution < -0.4 is 4.90 Å². The van der Waals surface area contributed by atoms with Gasteiger partial charge >= 0.3 is 6.09 Å². The number of carbonyl (C=O) groups is 2. The van der Waals surface area contributed by atoms with Crippen molar-refractivity contribution in [1.82, 2.24) is 0 Å². The zero-order valence-electron chi connectivity index (χ0n) is 8.54. The number of alkyl halides is 1. The molecule has 1 aliphatic rings. The zero-order valence-corrected chi connectivity index (χ0v) is 11.6. The molecular weight excluding hydrogens is 333 g/mol. The molecule has 2 rings (SSSR count). The molecule has 0 aliphatic carbocycles. The first-order chi connectivity index (χ1) is 7.81. The first-order valence-corrected chi connectivity index (χ1v) is 6.09. The molecule has 1 aromatic rings. The Bertz CT molecular complexity index is 498. The Morgan fingerprint density at radius 2 is 1.76 bits per heavy atom. The van der Waals surface area contributed by atoms with Crippen LogP contribution in [0.4, 0.5) is 10.5 Å². The van der Waals surface area contributed by atoms with E-state index in [1.54, 1.807) is 0 Å². The molecule has 1 saturated heterocycles. The number of imide groups is 1. The molecule has 7 heteroatoms. The highest BCUT2D eigenvalue weighted by Crippen LogP contribution is 2.35. The lowest BCUT2D eigenvalue weighted by Crippen LogP contribution is -2.34. The van der Waals surface area contributed by atoms with Crippen molar-refractivity contribution in [2.45, 2.75) is 11.4 Å². The molecule has 1 atom stereocenters. The molecule has 2 amide bonds. The average molecular weight is 339 g/mol. The van der Waals surface area contributed by atoms with Gasteiger partial charge in [0, 0.05) is 10.0 Å². The molecular formula is C10H6BrCl2NO3. The van der Waals surface area contributed by atoms with E-state index in [0.29, 0.717) is 10.0 Å².